The van der Waals surface area contributed by atoms with Gasteiger partial charge in [-0.15, -0.1) is 0 Å². The standard InChI is InChI=1S/C20H26N8O5/c21-16(32)10-6-23-28(7-10)20-25-17(24-11-4-2-1-3-5-11)13-18(26-20)27(9-22-13)19-15(31)14(30)12(8-29)33-19/h6-7,9,11-12,14-15,19,29-31H,1-5,8H2,(H2,21,32)(H,24,25,26)/t12-,14-,15-,19?/m1/s1. The van der Waals surface area contributed by atoms with Gasteiger partial charge in [-0.25, -0.2) is 9.67 Å². The molecule has 5 rings (SSSR count). The number of imidazole rings is 1. The fraction of sp³-hybridized carbons (Fsp3) is 0.550. The number of rotatable bonds is 6. The molecular formula is C20H26N8O5. The van der Waals surface area contributed by atoms with Crippen LogP contribution in [0.25, 0.3) is 17.1 Å². The van der Waals surface area contributed by atoms with Crippen molar-refractivity contribution in [2.75, 3.05) is 11.9 Å². The second kappa shape index (κ2) is 8.67. The first kappa shape index (κ1) is 21.7. The summed E-state index contributed by atoms with van der Waals surface area (Å²) in [5.74, 6) is 0.0322. The average molecular weight is 458 g/mol. The summed E-state index contributed by atoms with van der Waals surface area (Å²) in [5, 5.41) is 37.7. The molecule has 1 aliphatic carbocycles. The van der Waals surface area contributed by atoms with Gasteiger partial charge in [0.1, 0.15) is 18.3 Å². The summed E-state index contributed by atoms with van der Waals surface area (Å²) >= 11 is 0. The molecule has 4 heterocycles. The van der Waals surface area contributed by atoms with Crippen molar-refractivity contribution in [2.24, 2.45) is 5.73 Å². The predicted octanol–water partition coefficient (Wildman–Crippen LogP) is -0.533. The van der Waals surface area contributed by atoms with Crippen LogP contribution in [0.4, 0.5) is 5.82 Å². The number of fused-ring (bicyclic) bond motifs is 1. The Bertz CT molecular complexity index is 1160. The second-order valence-electron chi connectivity index (χ2n) is 8.44. The van der Waals surface area contributed by atoms with E-state index < -0.39 is 37.1 Å². The molecule has 3 aromatic rings. The van der Waals surface area contributed by atoms with Gasteiger partial charge >= 0.3 is 0 Å². The van der Waals surface area contributed by atoms with Gasteiger partial charge in [0.2, 0.25) is 0 Å². The SMILES string of the molecule is NC(=O)c1cnn(-c2nc(NC3CCCCC3)c3ncn(C4O[C@H](CO)[C@@H](O)[C@H]4O)c3n2)c1. The molecule has 0 aromatic carbocycles. The molecule has 1 saturated heterocycles. The van der Waals surface area contributed by atoms with Crippen molar-refractivity contribution < 1.29 is 24.9 Å². The number of anilines is 1. The van der Waals surface area contributed by atoms with E-state index in [9.17, 15) is 20.1 Å². The number of primary amides is 1. The molecule has 4 atom stereocenters. The van der Waals surface area contributed by atoms with E-state index in [1.165, 1.54) is 34.4 Å². The Morgan fingerprint density at radius 1 is 1.21 bits per heavy atom. The lowest BCUT2D eigenvalue weighted by atomic mass is 9.95. The van der Waals surface area contributed by atoms with Gasteiger partial charge < -0.3 is 31.1 Å². The molecule has 0 radical (unpaired) electrons. The zero-order valence-corrected chi connectivity index (χ0v) is 17.8. The third-order valence-corrected chi connectivity index (χ3v) is 6.22. The molecule has 13 heteroatoms. The highest BCUT2D eigenvalue weighted by atomic mass is 16.6. The van der Waals surface area contributed by atoms with Gasteiger partial charge in [0.25, 0.3) is 11.9 Å². The second-order valence-corrected chi connectivity index (χ2v) is 8.44. The predicted molar refractivity (Wildman–Crippen MR) is 114 cm³/mol. The molecule has 3 aromatic heterocycles. The summed E-state index contributed by atoms with van der Waals surface area (Å²) in [6.45, 7) is -0.445. The summed E-state index contributed by atoms with van der Waals surface area (Å²) in [4.78, 5) is 25.1. The lowest BCUT2D eigenvalue weighted by Crippen LogP contribution is -2.33. The maximum absolute atomic E-state index is 11.5. The smallest absolute Gasteiger partial charge is 0.254 e. The Balaban J connectivity index is 1.59. The fourth-order valence-corrected chi connectivity index (χ4v) is 4.40. The van der Waals surface area contributed by atoms with Crippen LogP contribution in [0, 0.1) is 0 Å². The van der Waals surface area contributed by atoms with Crippen LogP contribution in [0.3, 0.4) is 0 Å². The van der Waals surface area contributed by atoms with Gasteiger partial charge in [-0.3, -0.25) is 9.36 Å². The highest BCUT2D eigenvalue weighted by molar-refractivity contribution is 5.92. The van der Waals surface area contributed by atoms with Crippen molar-refractivity contribution in [1.29, 1.82) is 0 Å². The Morgan fingerprint density at radius 2 is 2.00 bits per heavy atom. The van der Waals surface area contributed by atoms with Gasteiger partial charge in [0.05, 0.1) is 24.7 Å². The van der Waals surface area contributed by atoms with E-state index in [4.69, 9.17) is 10.5 Å². The van der Waals surface area contributed by atoms with Crippen LogP contribution in [0.5, 0.6) is 0 Å². The van der Waals surface area contributed by atoms with Crippen LogP contribution in [-0.4, -0.2) is 81.5 Å². The third-order valence-electron chi connectivity index (χ3n) is 6.22. The van der Waals surface area contributed by atoms with Crippen LogP contribution < -0.4 is 11.1 Å². The van der Waals surface area contributed by atoms with Crippen molar-refractivity contribution in [2.45, 2.75) is 62.7 Å². The highest BCUT2D eigenvalue weighted by Gasteiger charge is 2.44. The average Bonchev–Trinajstić information content (AvgIpc) is 3.53. The minimum absolute atomic E-state index is 0.168. The number of ether oxygens (including phenoxy) is 1. The first-order chi connectivity index (χ1) is 16.0. The number of aliphatic hydroxyl groups excluding tert-OH is 3. The van der Waals surface area contributed by atoms with Crippen LogP contribution in [-0.2, 0) is 4.74 Å². The Hall–Kier alpha value is -3.13. The minimum Gasteiger partial charge on any atom is -0.394 e. The molecular weight excluding hydrogens is 432 g/mol. The number of nitrogens with two attached hydrogens (primary N) is 1. The first-order valence-corrected chi connectivity index (χ1v) is 10.9. The summed E-state index contributed by atoms with van der Waals surface area (Å²) in [6.07, 6.45) is 5.16. The van der Waals surface area contributed by atoms with Crippen molar-refractivity contribution in [3.05, 3.63) is 24.3 Å². The number of hydrogen-bond donors (Lipinski definition) is 5. The van der Waals surface area contributed by atoms with Gasteiger partial charge in [0, 0.05) is 12.2 Å². The summed E-state index contributed by atoms with van der Waals surface area (Å²) in [6, 6.07) is 0.225. The Kier molecular flexibility index (Phi) is 5.70. The molecule has 2 aliphatic rings. The molecule has 1 aliphatic heterocycles. The number of aromatic nitrogens is 6. The number of carbonyl (C=O) groups excluding carboxylic acids is 1. The maximum Gasteiger partial charge on any atom is 0.254 e. The lowest BCUT2D eigenvalue weighted by molar-refractivity contribution is -0.0511. The van der Waals surface area contributed by atoms with Crippen LogP contribution in [0.15, 0.2) is 18.7 Å². The summed E-state index contributed by atoms with van der Waals surface area (Å²) in [5.41, 5.74) is 6.35. The van der Waals surface area contributed by atoms with Crippen molar-refractivity contribution >= 4 is 22.9 Å². The number of hydrogen-bond acceptors (Lipinski definition) is 10. The number of nitrogens with zero attached hydrogens (tertiary/aromatic N) is 6. The van der Waals surface area contributed by atoms with Crippen molar-refractivity contribution in [3.8, 4) is 5.95 Å². The zero-order valence-electron chi connectivity index (χ0n) is 17.8. The molecule has 33 heavy (non-hydrogen) atoms. The van der Waals surface area contributed by atoms with Crippen LogP contribution >= 0.6 is 0 Å². The topological polar surface area (TPSA) is 186 Å². The van der Waals surface area contributed by atoms with Crippen molar-refractivity contribution in [1.82, 2.24) is 29.3 Å². The lowest BCUT2D eigenvalue weighted by Gasteiger charge is -2.23. The van der Waals surface area contributed by atoms with Crippen molar-refractivity contribution in [3.63, 3.8) is 0 Å². The van der Waals surface area contributed by atoms with Gasteiger partial charge in [-0.05, 0) is 12.8 Å². The Morgan fingerprint density at radius 3 is 2.67 bits per heavy atom. The first-order valence-electron chi connectivity index (χ1n) is 10.9. The fourth-order valence-electron chi connectivity index (χ4n) is 4.40. The van der Waals surface area contributed by atoms with E-state index in [-0.39, 0.29) is 17.6 Å². The van der Waals surface area contributed by atoms with Gasteiger partial charge in [-0.2, -0.15) is 15.1 Å². The molecule has 2 fully saturated rings. The molecule has 176 valence electrons. The van der Waals surface area contributed by atoms with Crippen LogP contribution in [0.2, 0.25) is 0 Å². The molecule has 0 bridgehead atoms. The van der Waals surface area contributed by atoms with Crippen LogP contribution in [0.1, 0.15) is 48.7 Å². The highest BCUT2D eigenvalue weighted by Crippen LogP contribution is 2.33. The summed E-state index contributed by atoms with van der Waals surface area (Å²) < 4.78 is 8.50. The maximum atomic E-state index is 11.5. The monoisotopic (exact) mass is 458 g/mol. The summed E-state index contributed by atoms with van der Waals surface area (Å²) in [7, 11) is 0. The minimum atomic E-state index is -1.29. The van der Waals surface area contributed by atoms with E-state index in [2.05, 4.69) is 25.4 Å². The van der Waals surface area contributed by atoms with E-state index in [0.29, 0.717) is 17.0 Å². The largest absolute Gasteiger partial charge is 0.394 e. The number of nitrogens with one attached hydrogen (secondary N) is 1. The molecule has 1 unspecified atom stereocenters. The van der Waals surface area contributed by atoms with Gasteiger partial charge in [-0.1, -0.05) is 19.3 Å². The normalized spacial score (nSPS) is 26.2. The van der Waals surface area contributed by atoms with Gasteiger partial charge in [0.15, 0.2) is 23.2 Å². The molecule has 6 N–H and O–H groups in total. The number of aliphatic hydroxyl groups is 3. The van der Waals surface area contributed by atoms with E-state index in [1.54, 1.807) is 0 Å². The Labute approximate surface area is 188 Å². The number of amides is 1. The molecule has 1 saturated carbocycles. The molecule has 0 spiro atoms. The molecule has 1 amide bonds. The van der Waals surface area contributed by atoms with E-state index in [1.807, 2.05) is 0 Å². The third kappa shape index (κ3) is 3.93. The quantitative estimate of drug-likeness (QED) is 0.321. The molecule has 13 nitrogen and oxygen atoms in total. The van der Waals surface area contributed by atoms with E-state index in [0.717, 1.165) is 25.7 Å². The number of carbonyl (C=O) groups is 1. The van der Waals surface area contributed by atoms with E-state index >= 15 is 0 Å². The zero-order chi connectivity index (χ0) is 23.1.